The number of nitrogens with zero attached hydrogens (tertiary/aromatic N) is 5. The highest BCUT2D eigenvalue weighted by molar-refractivity contribution is 5.82. The molecule has 0 N–H and O–H groups in total. The van der Waals surface area contributed by atoms with Crippen molar-refractivity contribution in [2.24, 2.45) is 7.05 Å². The van der Waals surface area contributed by atoms with Gasteiger partial charge in [0.1, 0.15) is 6.20 Å². The molecule has 0 radical (unpaired) electrons. The van der Waals surface area contributed by atoms with Gasteiger partial charge in [-0.2, -0.15) is 0 Å². The molecule has 0 spiro atoms. The van der Waals surface area contributed by atoms with Crippen LogP contribution in [0.3, 0.4) is 0 Å². The van der Waals surface area contributed by atoms with Crippen LogP contribution in [0.5, 0.6) is 0 Å². The third kappa shape index (κ3) is 2.06. The minimum Gasteiger partial charge on any atom is -0.358 e. The van der Waals surface area contributed by atoms with E-state index in [9.17, 15) is 10.1 Å². The lowest BCUT2D eigenvalue weighted by atomic mass is 10.3. The van der Waals surface area contributed by atoms with Crippen LogP contribution in [0.1, 0.15) is 0 Å². The molecule has 7 nitrogen and oxygen atoms in total. The van der Waals surface area contributed by atoms with Gasteiger partial charge in [0.2, 0.25) is 5.82 Å². The normalized spacial score (nSPS) is 11.0. The zero-order valence-corrected chi connectivity index (χ0v) is 12.8. The van der Waals surface area contributed by atoms with Gasteiger partial charge in [0.05, 0.1) is 18.1 Å². The molecule has 0 amide bonds. The van der Waals surface area contributed by atoms with E-state index < -0.39 is 4.92 Å². The Morgan fingerprint density at radius 3 is 2.42 bits per heavy atom. The van der Waals surface area contributed by atoms with Gasteiger partial charge in [0.25, 0.3) is 5.82 Å². The Hall–Kier alpha value is -3.48. The summed E-state index contributed by atoms with van der Waals surface area (Å²) in [6.45, 7) is 0. The maximum atomic E-state index is 11.1. The quantitative estimate of drug-likeness (QED) is 0.428. The number of benzene rings is 2. The van der Waals surface area contributed by atoms with Crippen LogP contribution in [-0.2, 0) is 7.05 Å². The lowest BCUT2D eigenvalue weighted by Gasteiger charge is -2.07. The second-order valence-electron chi connectivity index (χ2n) is 5.35. The minimum atomic E-state index is -0.452. The minimum absolute atomic E-state index is 0.0725. The van der Waals surface area contributed by atoms with Gasteiger partial charge in [-0.05, 0) is 29.2 Å². The van der Waals surface area contributed by atoms with Crippen molar-refractivity contribution >= 4 is 16.9 Å². The molecular weight excluding hydrogens is 306 g/mol. The standard InChI is InChI=1S/C17H13N5O2/c1-20-15(22(23)24)11-18-16(20)17-19-13-9-5-6-10-14(13)21(17)12-7-3-2-4-8-12/h2-11H,1H3. The van der Waals surface area contributed by atoms with E-state index in [1.54, 1.807) is 7.05 Å². The predicted octanol–water partition coefficient (Wildman–Crippen LogP) is 3.33. The number of nitro groups is 1. The maximum Gasteiger partial charge on any atom is 0.343 e. The first-order valence-electron chi connectivity index (χ1n) is 7.36. The fourth-order valence-electron chi connectivity index (χ4n) is 2.79. The molecule has 0 fully saturated rings. The third-order valence-corrected chi connectivity index (χ3v) is 3.93. The summed E-state index contributed by atoms with van der Waals surface area (Å²) in [6, 6.07) is 17.5. The van der Waals surface area contributed by atoms with E-state index in [0.717, 1.165) is 16.7 Å². The average molecular weight is 319 g/mol. The summed E-state index contributed by atoms with van der Waals surface area (Å²) in [5.74, 6) is 0.941. The van der Waals surface area contributed by atoms with Gasteiger partial charge < -0.3 is 10.1 Å². The monoisotopic (exact) mass is 319 g/mol. The lowest BCUT2D eigenvalue weighted by molar-refractivity contribution is -0.391. The van der Waals surface area contributed by atoms with Gasteiger partial charge in [0.15, 0.2) is 0 Å². The molecule has 0 aliphatic heterocycles. The van der Waals surface area contributed by atoms with Crippen molar-refractivity contribution < 1.29 is 4.92 Å². The Balaban J connectivity index is 2.04. The number of rotatable bonds is 3. The van der Waals surface area contributed by atoms with Crippen molar-refractivity contribution in [1.82, 2.24) is 19.1 Å². The SMILES string of the molecule is Cn1c([N+](=O)[O-])cnc1-c1nc2ccccc2n1-c1ccccc1. The molecule has 4 aromatic rings. The molecule has 2 aromatic carbocycles. The molecule has 24 heavy (non-hydrogen) atoms. The largest absolute Gasteiger partial charge is 0.358 e. The predicted molar refractivity (Wildman–Crippen MR) is 89.9 cm³/mol. The van der Waals surface area contributed by atoms with Gasteiger partial charge in [-0.3, -0.25) is 4.57 Å². The zero-order chi connectivity index (χ0) is 16.7. The molecule has 0 atom stereocenters. The van der Waals surface area contributed by atoms with Gasteiger partial charge in [-0.15, -0.1) is 0 Å². The third-order valence-electron chi connectivity index (χ3n) is 3.93. The highest BCUT2D eigenvalue weighted by atomic mass is 16.6. The molecule has 0 aliphatic rings. The van der Waals surface area contributed by atoms with Crippen molar-refractivity contribution in [2.75, 3.05) is 0 Å². The van der Waals surface area contributed by atoms with E-state index in [-0.39, 0.29) is 5.82 Å². The summed E-state index contributed by atoms with van der Waals surface area (Å²) in [4.78, 5) is 19.5. The van der Waals surface area contributed by atoms with Crippen LogP contribution >= 0.6 is 0 Å². The molecule has 0 aliphatic carbocycles. The van der Waals surface area contributed by atoms with Gasteiger partial charge in [-0.25, -0.2) is 14.5 Å². The van der Waals surface area contributed by atoms with Crippen molar-refractivity contribution in [2.45, 2.75) is 0 Å². The lowest BCUT2D eigenvalue weighted by Crippen LogP contribution is -2.04. The smallest absolute Gasteiger partial charge is 0.343 e. The second kappa shape index (κ2) is 5.31. The summed E-state index contributed by atoms with van der Waals surface area (Å²) in [7, 11) is 1.62. The molecule has 0 saturated heterocycles. The molecule has 2 heterocycles. The van der Waals surface area contributed by atoms with Gasteiger partial charge >= 0.3 is 5.82 Å². The van der Waals surface area contributed by atoms with Crippen LogP contribution in [0, 0.1) is 10.1 Å². The number of hydrogen-bond acceptors (Lipinski definition) is 4. The van der Waals surface area contributed by atoms with E-state index >= 15 is 0 Å². The molecule has 4 rings (SSSR count). The molecule has 7 heteroatoms. The highest BCUT2D eigenvalue weighted by Gasteiger charge is 2.24. The molecule has 0 saturated carbocycles. The van der Waals surface area contributed by atoms with Crippen LogP contribution in [0.4, 0.5) is 5.82 Å². The zero-order valence-electron chi connectivity index (χ0n) is 12.8. The Kier molecular flexibility index (Phi) is 3.13. The van der Waals surface area contributed by atoms with Crippen molar-refractivity contribution in [3.05, 3.63) is 70.9 Å². The summed E-state index contributed by atoms with van der Waals surface area (Å²) >= 11 is 0. The van der Waals surface area contributed by atoms with Crippen LogP contribution in [-0.4, -0.2) is 24.0 Å². The molecule has 118 valence electrons. The fraction of sp³-hybridized carbons (Fsp3) is 0.0588. The van der Waals surface area contributed by atoms with Crippen molar-refractivity contribution in [1.29, 1.82) is 0 Å². The summed E-state index contributed by atoms with van der Waals surface area (Å²) in [5, 5.41) is 11.1. The first-order valence-corrected chi connectivity index (χ1v) is 7.36. The van der Waals surface area contributed by atoms with Crippen LogP contribution < -0.4 is 0 Å². The van der Waals surface area contributed by atoms with E-state index in [1.165, 1.54) is 10.8 Å². The van der Waals surface area contributed by atoms with Gasteiger partial charge in [0, 0.05) is 5.69 Å². The maximum absolute atomic E-state index is 11.1. The van der Waals surface area contributed by atoms with E-state index in [1.807, 2.05) is 59.2 Å². The summed E-state index contributed by atoms with van der Waals surface area (Å²) in [6.07, 6.45) is 1.25. The number of fused-ring (bicyclic) bond motifs is 1. The highest BCUT2D eigenvalue weighted by Crippen LogP contribution is 2.29. The van der Waals surface area contributed by atoms with E-state index in [0.29, 0.717) is 11.6 Å². The average Bonchev–Trinajstić information content (AvgIpc) is 3.15. The van der Waals surface area contributed by atoms with Crippen LogP contribution in [0.15, 0.2) is 60.8 Å². The van der Waals surface area contributed by atoms with Crippen molar-refractivity contribution in [3.63, 3.8) is 0 Å². The van der Waals surface area contributed by atoms with Crippen LogP contribution in [0.25, 0.3) is 28.4 Å². The molecule has 0 unspecified atom stereocenters. The van der Waals surface area contributed by atoms with Crippen molar-refractivity contribution in [3.8, 4) is 17.3 Å². The topological polar surface area (TPSA) is 78.8 Å². The summed E-state index contributed by atoms with van der Waals surface area (Å²) in [5.41, 5.74) is 2.65. The number of hydrogen-bond donors (Lipinski definition) is 0. The fourth-order valence-corrected chi connectivity index (χ4v) is 2.79. The second-order valence-corrected chi connectivity index (χ2v) is 5.35. The Morgan fingerprint density at radius 2 is 1.71 bits per heavy atom. The van der Waals surface area contributed by atoms with Crippen LogP contribution in [0.2, 0.25) is 0 Å². The number of imidazole rings is 2. The Bertz CT molecular complexity index is 1050. The number of aromatic nitrogens is 4. The molecular formula is C17H13N5O2. The van der Waals surface area contributed by atoms with E-state index in [4.69, 9.17) is 0 Å². The van der Waals surface area contributed by atoms with E-state index in [2.05, 4.69) is 9.97 Å². The molecule has 0 bridgehead atoms. The summed E-state index contributed by atoms with van der Waals surface area (Å²) < 4.78 is 3.40. The first kappa shape index (κ1) is 14.1. The van der Waals surface area contributed by atoms with Gasteiger partial charge in [-0.1, -0.05) is 30.3 Å². The molecule has 2 aromatic heterocycles. The Morgan fingerprint density at radius 1 is 1.00 bits per heavy atom. The Labute approximate surface area is 137 Å². The first-order chi connectivity index (χ1) is 11.7. The number of para-hydroxylation sites is 3.